The first-order chi connectivity index (χ1) is 53.5. The van der Waals surface area contributed by atoms with Crippen molar-refractivity contribution in [2.24, 2.45) is 0 Å². The molecule has 0 saturated carbocycles. The van der Waals surface area contributed by atoms with E-state index in [4.69, 9.17) is 72.6 Å². The third-order valence-electron chi connectivity index (χ3n) is 18.8. The Morgan fingerprint density at radius 1 is 0.404 bits per heavy atom. The van der Waals surface area contributed by atoms with Gasteiger partial charge in [-0.3, -0.25) is 14.4 Å². The highest BCUT2D eigenvalue weighted by Gasteiger charge is 2.35. The molecule has 9 aromatic rings. The van der Waals surface area contributed by atoms with Crippen LogP contribution < -0.4 is 28.9 Å². The van der Waals surface area contributed by atoms with Crippen molar-refractivity contribution in [2.75, 3.05) is 195 Å². The van der Waals surface area contributed by atoms with E-state index in [0.29, 0.717) is 153 Å². The number of ether oxygens (including phenoxy) is 6. The van der Waals surface area contributed by atoms with Gasteiger partial charge in [-0.15, -0.1) is 0 Å². The molecular formula is C86H111Cl3N12O13. The van der Waals surface area contributed by atoms with Crippen molar-refractivity contribution >= 4 is 120 Å². The lowest BCUT2D eigenvalue weighted by atomic mass is 10.0. The lowest BCUT2D eigenvalue weighted by molar-refractivity contribution is 0.0511. The Morgan fingerprint density at radius 3 is 1.11 bits per heavy atom. The fraction of sp³-hybridized carbons (Fsp3) is 0.430. The molecule has 28 heteroatoms. The van der Waals surface area contributed by atoms with Crippen LogP contribution in [0.25, 0.3) is 32.7 Å². The molecule has 0 radical (unpaired) electrons. The van der Waals surface area contributed by atoms with E-state index < -0.39 is 17.9 Å². The zero-order chi connectivity index (χ0) is 79.3. The molecule has 614 valence electrons. The summed E-state index contributed by atoms with van der Waals surface area (Å²) in [5.41, 5.74) is 7.52. The molecule has 3 saturated heterocycles. The topological polar surface area (TPSA) is 239 Å². The number of halogens is 3. The SMILES string of the molecule is C.C.C.CCOC(=O)c1c(OCCCN(C)C)nc2ccc(C)cc2c1N1CCN(C(=O)c2ccc(Cl)cc2)CC1.CCOC(=O)c1c(OCCCN(C)C)nc2ccc(Cl)cc2c1N1CCN(C(=O)c2ccc(Cl)cc2)CC1.CCOC(=O)c1c(OCCCN(C)C)nc2ccccc2c1N1CCN(C(=O)c2ccco2)CC1. The molecule has 0 unspecified atom stereocenters. The summed E-state index contributed by atoms with van der Waals surface area (Å²) in [4.78, 5) is 111. The molecular weight excluding hydrogens is 1520 g/mol. The highest BCUT2D eigenvalue weighted by molar-refractivity contribution is 6.32. The molecule has 3 fully saturated rings. The number of benzene rings is 5. The number of amides is 3. The fourth-order valence-electron chi connectivity index (χ4n) is 13.3. The third kappa shape index (κ3) is 23.6. The number of fused-ring (bicyclic) bond motifs is 3. The summed E-state index contributed by atoms with van der Waals surface area (Å²) in [5, 5.41) is 4.16. The number of aryl methyl sites for hydroxylation is 1. The van der Waals surface area contributed by atoms with Gasteiger partial charge in [-0.2, -0.15) is 0 Å². The van der Waals surface area contributed by atoms with Crippen LogP contribution in [0.5, 0.6) is 17.6 Å². The minimum Gasteiger partial charge on any atom is -0.477 e. The molecule has 7 heterocycles. The minimum absolute atomic E-state index is 0. The van der Waals surface area contributed by atoms with E-state index >= 15 is 0 Å². The van der Waals surface area contributed by atoms with E-state index in [1.807, 2.05) is 109 Å². The summed E-state index contributed by atoms with van der Waals surface area (Å²) >= 11 is 18.3. The molecule has 4 aromatic heterocycles. The van der Waals surface area contributed by atoms with Crippen molar-refractivity contribution in [2.45, 2.75) is 69.2 Å². The average Bonchev–Trinajstić information content (AvgIpc) is 1.35. The zero-order valence-electron chi connectivity index (χ0n) is 64.9. The number of carbonyl (C=O) groups excluding carboxylic acids is 6. The van der Waals surface area contributed by atoms with Crippen LogP contribution in [0.1, 0.15) is 130 Å². The van der Waals surface area contributed by atoms with E-state index in [1.165, 1.54) is 6.26 Å². The van der Waals surface area contributed by atoms with Crippen molar-refractivity contribution in [1.82, 2.24) is 44.4 Å². The molecule has 25 nitrogen and oxygen atoms in total. The number of pyridine rings is 3. The van der Waals surface area contributed by atoms with Crippen molar-refractivity contribution in [3.8, 4) is 17.6 Å². The molecule has 5 aromatic carbocycles. The predicted octanol–water partition coefficient (Wildman–Crippen LogP) is 14.9. The molecule has 3 aliphatic heterocycles. The fourth-order valence-corrected chi connectivity index (χ4v) is 13.7. The summed E-state index contributed by atoms with van der Waals surface area (Å²) in [7, 11) is 12.0. The second-order valence-electron chi connectivity index (χ2n) is 27.6. The number of piperazine rings is 3. The highest BCUT2D eigenvalue weighted by atomic mass is 35.5. The van der Waals surface area contributed by atoms with Gasteiger partial charge in [-0.1, -0.05) is 86.9 Å². The molecule has 114 heavy (non-hydrogen) atoms. The van der Waals surface area contributed by atoms with Gasteiger partial charge in [-0.25, -0.2) is 29.3 Å². The maximum atomic E-state index is 13.3. The molecule has 0 spiro atoms. The van der Waals surface area contributed by atoms with Gasteiger partial charge >= 0.3 is 17.9 Å². The standard InChI is InChI=1S/C29H35ClN4O4.C28H32Cl2N4O4.C26H32N4O5.3CH4/c1-5-37-29(36)25-26(33-14-16-34(17-15-33)28(35)21-8-10-22(30)11-9-21)23-19-20(2)7-12-24(23)31-27(25)38-18-6-13-32(3)4;1-4-37-28(36)24-25(33-13-15-34(16-14-33)27(35)19-6-8-20(29)9-7-19)22-18-21(30)10-11-23(22)31-26(24)38-17-5-12-32(2)3;1-4-33-26(32)22-23(29-13-15-30(16-14-29)25(31)21-11-7-17-34-21)19-9-5-6-10-20(19)27-24(22)35-18-8-12-28(2)3;;;/h7-12,19H,5-6,13-18H2,1-4H3;6-11,18H,4-5,12-17H2,1-3H3;5-7,9-11,17H,4,8,12-16,18H2,1-3H3;3*1H4. The summed E-state index contributed by atoms with van der Waals surface area (Å²) in [6.45, 7) is 18.1. The molecule has 12 rings (SSSR count). The zero-order valence-corrected chi connectivity index (χ0v) is 67.2. The quantitative estimate of drug-likeness (QED) is 0.0264. The first kappa shape index (κ1) is 91.2. The number of aromatic nitrogens is 3. The summed E-state index contributed by atoms with van der Waals surface area (Å²) in [6.07, 6.45) is 3.87. The van der Waals surface area contributed by atoms with Crippen LogP contribution >= 0.6 is 34.8 Å². The summed E-state index contributed by atoms with van der Waals surface area (Å²) in [6, 6.07) is 36.3. The van der Waals surface area contributed by atoms with E-state index in [-0.39, 0.29) is 83.0 Å². The van der Waals surface area contributed by atoms with Crippen molar-refractivity contribution < 1.29 is 61.6 Å². The van der Waals surface area contributed by atoms with Crippen LogP contribution in [0.15, 0.2) is 132 Å². The van der Waals surface area contributed by atoms with Crippen LogP contribution in [0.3, 0.4) is 0 Å². The van der Waals surface area contributed by atoms with E-state index in [1.54, 1.807) is 97.3 Å². The second kappa shape index (κ2) is 44.0. The highest BCUT2D eigenvalue weighted by Crippen LogP contribution is 2.41. The van der Waals surface area contributed by atoms with E-state index in [2.05, 4.69) is 39.4 Å². The predicted molar refractivity (Wildman–Crippen MR) is 455 cm³/mol. The van der Waals surface area contributed by atoms with Crippen molar-refractivity contribution in [3.05, 3.63) is 182 Å². The van der Waals surface area contributed by atoms with Crippen molar-refractivity contribution in [1.29, 1.82) is 0 Å². The van der Waals surface area contributed by atoms with Crippen LogP contribution in [-0.2, 0) is 14.2 Å². The van der Waals surface area contributed by atoms with Gasteiger partial charge in [0.05, 0.1) is 79.5 Å². The Kier molecular flexibility index (Phi) is 35.2. The third-order valence-corrected chi connectivity index (χ3v) is 19.5. The lowest BCUT2D eigenvalue weighted by Gasteiger charge is -2.37. The Bertz CT molecular complexity index is 4460. The summed E-state index contributed by atoms with van der Waals surface area (Å²) in [5.74, 6) is -0.507. The van der Waals surface area contributed by atoms with Crippen LogP contribution in [0, 0.1) is 6.92 Å². The average molecular weight is 1630 g/mol. The van der Waals surface area contributed by atoms with Crippen LogP contribution in [0.4, 0.5) is 17.1 Å². The molecule has 0 N–H and O–H groups in total. The number of rotatable bonds is 27. The van der Waals surface area contributed by atoms with Gasteiger partial charge < -0.3 is 76.9 Å². The normalized spacial score (nSPS) is 13.4. The number of furan rings is 1. The number of nitrogens with zero attached hydrogens (tertiary/aromatic N) is 12. The lowest BCUT2D eigenvalue weighted by Crippen LogP contribution is -2.49. The summed E-state index contributed by atoms with van der Waals surface area (Å²) < 4.78 is 39.9. The van der Waals surface area contributed by atoms with Crippen molar-refractivity contribution in [3.63, 3.8) is 0 Å². The first-order valence-electron chi connectivity index (χ1n) is 37.6. The molecule has 0 bridgehead atoms. The minimum atomic E-state index is -0.501. The smallest absolute Gasteiger partial charge is 0.345 e. The van der Waals surface area contributed by atoms with Gasteiger partial charge in [0.25, 0.3) is 17.7 Å². The monoisotopic (exact) mass is 1620 g/mol. The Morgan fingerprint density at radius 2 is 0.746 bits per heavy atom. The largest absolute Gasteiger partial charge is 0.477 e. The maximum absolute atomic E-state index is 13.3. The molecule has 0 aliphatic carbocycles. The number of para-hydroxylation sites is 1. The number of hydrogen-bond acceptors (Lipinski definition) is 22. The number of anilines is 3. The Hall–Kier alpha value is -10.0. The van der Waals surface area contributed by atoms with Crippen LogP contribution in [-0.4, -0.2) is 260 Å². The first-order valence-corrected chi connectivity index (χ1v) is 38.7. The number of esters is 3. The van der Waals surface area contributed by atoms with E-state index in [9.17, 15) is 28.8 Å². The van der Waals surface area contributed by atoms with E-state index in [0.717, 1.165) is 83.0 Å². The molecule has 3 amide bonds. The van der Waals surface area contributed by atoms with Gasteiger partial charge in [-0.05, 0) is 186 Å². The molecule has 0 atom stereocenters. The number of hydrogen-bond donors (Lipinski definition) is 0. The maximum Gasteiger partial charge on any atom is 0.345 e. The Balaban J connectivity index is 0.000000234. The molecule has 3 aliphatic rings. The van der Waals surface area contributed by atoms with Gasteiger partial charge in [0, 0.05) is 141 Å². The van der Waals surface area contributed by atoms with Gasteiger partial charge in [0.2, 0.25) is 17.6 Å². The second-order valence-corrected chi connectivity index (χ2v) is 28.9. The van der Waals surface area contributed by atoms with Gasteiger partial charge in [0.1, 0.15) is 16.7 Å². The van der Waals surface area contributed by atoms with Crippen LogP contribution in [0.2, 0.25) is 15.1 Å². The Labute approximate surface area is 685 Å². The van der Waals surface area contributed by atoms with Gasteiger partial charge in [0.15, 0.2) is 5.76 Å². The number of carbonyl (C=O) groups is 6.